The Morgan fingerprint density at radius 2 is 1.22 bits per heavy atom. The second-order valence-corrected chi connectivity index (χ2v) is 16.7. The topological polar surface area (TPSA) is 12.0 Å². The zero-order chi connectivity index (χ0) is 19.6. The summed E-state index contributed by atoms with van der Waals surface area (Å²) in [4.78, 5) is 4.02. The van der Waals surface area contributed by atoms with Crippen LogP contribution in [0.15, 0.2) is 12.1 Å². The van der Waals surface area contributed by atoms with E-state index >= 15 is 0 Å². The van der Waals surface area contributed by atoms with Crippen LogP contribution in [0.25, 0.3) is 0 Å². The fourth-order valence-corrected chi connectivity index (χ4v) is 7.93. The van der Waals surface area contributed by atoms with E-state index in [1.165, 1.54) is 44.2 Å². The Kier molecular flexibility index (Phi) is 4.81. The highest BCUT2D eigenvalue weighted by Crippen LogP contribution is 2.61. The largest absolute Gasteiger partial charge is 0.410 e. The summed E-state index contributed by atoms with van der Waals surface area (Å²) in [5.74, 6) is 4.20. The molecule has 0 aromatic heterocycles. The van der Waals surface area contributed by atoms with Gasteiger partial charge in [0.1, 0.15) is 8.24 Å². The smallest absolute Gasteiger partial charge is 0.144 e. The molecule has 4 saturated carbocycles. The summed E-state index contributed by atoms with van der Waals surface area (Å²) >= 11 is 0. The molecule has 1 N–H and O–H groups in total. The van der Waals surface area contributed by atoms with Crippen molar-refractivity contribution in [2.45, 2.75) is 103 Å². The molecular formula is C25H41NSi. The van der Waals surface area contributed by atoms with Gasteiger partial charge in [-0.05, 0) is 90.2 Å². The van der Waals surface area contributed by atoms with E-state index in [2.05, 4.69) is 64.5 Å². The molecule has 0 unspecified atom stereocenters. The molecule has 0 radical (unpaired) electrons. The SMILES string of the molecule is CC(C)c1cc(C23CC4CC(CC(C4)C2)C3)cc(C(C)C)c1N[Si](C)(C)C. The summed E-state index contributed by atoms with van der Waals surface area (Å²) in [5.41, 5.74) is 6.84. The molecule has 4 aliphatic carbocycles. The Hall–Kier alpha value is -0.763. The lowest BCUT2D eigenvalue weighted by atomic mass is 9.48. The third kappa shape index (κ3) is 3.63. The predicted molar refractivity (Wildman–Crippen MR) is 121 cm³/mol. The summed E-state index contributed by atoms with van der Waals surface area (Å²) in [6.07, 6.45) is 8.99. The van der Waals surface area contributed by atoms with E-state index in [-0.39, 0.29) is 0 Å². The van der Waals surface area contributed by atoms with E-state index in [4.69, 9.17) is 0 Å². The van der Waals surface area contributed by atoms with Crippen LogP contribution in [0.3, 0.4) is 0 Å². The lowest BCUT2D eigenvalue weighted by molar-refractivity contribution is -0.00525. The average Bonchev–Trinajstić information content (AvgIpc) is 2.51. The standard InChI is InChI=1S/C25H41NSi/c1-16(2)22-11-21(12-23(17(3)4)24(22)26-27(5,6)7)25-13-18-8-19(14-25)10-20(9-18)15-25/h11-12,16-20,26H,8-10,13-15H2,1-7H3. The molecular weight excluding hydrogens is 342 g/mol. The molecule has 0 atom stereocenters. The van der Waals surface area contributed by atoms with Crippen molar-refractivity contribution in [2.75, 3.05) is 4.98 Å². The lowest BCUT2D eigenvalue weighted by Gasteiger charge is -2.57. The van der Waals surface area contributed by atoms with Crippen molar-refractivity contribution < 1.29 is 0 Å². The van der Waals surface area contributed by atoms with Crippen molar-refractivity contribution in [1.29, 1.82) is 0 Å². The van der Waals surface area contributed by atoms with Gasteiger partial charge in [-0.25, -0.2) is 0 Å². The van der Waals surface area contributed by atoms with E-state index < -0.39 is 8.24 Å². The van der Waals surface area contributed by atoms with E-state index in [1.54, 1.807) is 16.7 Å². The molecule has 1 aromatic carbocycles. The number of hydrogen-bond donors (Lipinski definition) is 1. The Labute approximate surface area is 168 Å². The van der Waals surface area contributed by atoms with Crippen LogP contribution >= 0.6 is 0 Å². The summed E-state index contributed by atoms with van der Waals surface area (Å²) in [6.45, 7) is 16.8. The number of hydrogen-bond acceptors (Lipinski definition) is 1. The zero-order valence-corrected chi connectivity index (χ0v) is 19.8. The van der Waals surface area contributed by atoms with Gasteiger partial charge < -0.3 is 4.98 Å². The highest BCUT2D eigenvalue weighted by atomic mass is 28.3. The highest BCUT2D eigenvalue weighted by molar-refractivity contribution is 6.79. The Morgan fingerprint density at radius 1 is 0.815 bits per heavy atom. The first-order valence-corrected chi connectivity index (χ1v) is 15.0. The maximum absolute atomic E-state index is 4.02. The van der Waals surface area contributed by atoms with Gasteiger partial charge in [0, 0.05) is 5.69 Å². The van der Waals surface area contributed by atoms with Crippen LogP contribution in [0.1, 0.15) is 94.7 Å². The molecule has 5 rings (SSSR count). The van der Waals surface area contributed by atoms with Crippen molar-refractivity contribution in [3.63, 3.8) is 0 Å². The molecule has 1 nitrogen and oxygen atoms in total. The molecule has 4 bridgehead atoms. The molecule has 0 spiro atoms. The number of nitrogens with one attached hydrogen (secondary N) is 1. The maximum atomic E-state index is 4.02. The molecule has 2 heteroatoms. The third-order valence-corrected chi connectivity index (χ3v) is 8.59. The molecule has 0 amide bonds. The quantitative estimate of drug-likeness (QED) is 0.515. The first-order valence-electron chi connectivity index (χ1n) is 11.5. The zero-order valence-electron chi connectivity index (χ0n) is 18.8. The third-order valence-electron chi connectivity index (χ3n) is 7.59. The van der Waals surface area contributed by atoms with Crippen molar-refractivity contribution in [3.8, 4) is 0 Å². The van der Waals surface area contributed by atoms with Crippen molar-refractivity contribution in [1.82, 2.24) is 0 Å². The van der Waals surface area contributed by atoms with Crippen LogP contribution < -0.4 is 4.98 Å². The Morgan fingerprint density at radius 3 is 1.56 bits per heavy atom. The Bertz CT molecular complexity index is 645. The molecule has 1 aromatic rings. The van der Waals surface area contributed by atoms with Crippen LogP contribution in [0.4, 0.5) is 5.69 Å². The van der Waals surface area contributed by atoms with Gasteiger partial charge in [-0.1, -0.05) is 59.5 Å². The van der Waals surface area contributed by atoms with Gasteiger partial charge in [-0.2, -0.15) is 0 Å². The maximum Gasteiger partial charge on any atom is 0.144 e. The number of benzene rings is 1. The normalized spacial score (nSPS) is 32.6. The average molecular weight is 384 g/mol. The van der Waals surface area contributed by atoms with Crippen molar-refractivity contribution >= 4 is 13.9 Å². The highest BCUT2D eigenvalue weighted by Gasteiger charge is 2.51. The van der Waals surface area contributed by atoms with Gasteiger partial charge >= 0.3 is 0 Å². The Balaban J connectivity index is 1.83. The summed E-state index contributed by atoms with van der Waals surface area (Å²) < 4.78 is 0. The fourth-order valence-electron chi connectivity index (χ4n) is 6.89. The molecule has 0 aliphatic heterocycles. The lowest BCUT2D eigenvalue weighted by Crippen LogP contribution is -2.48. The molecule has 0 saturated heterocycles. The minimum atomic E-state index is -1.39. The summed E-state index contributed by atoms with van der Waals surface area (Å²) in [6, 6.07) is 5.29. The van der Waals surface area contributed by atoms with Crippen molar-refractivity contribution in [3.05, 3.63) is 28.8 Å². The van der Waals surface area contributed by atoms with Crippen molar-refractivity contribution in [2.24, 2.45) is 17.8 Å². The monoisotopic (exact) mass is 383 g/mol. The number of anilines is 1. The van der Waals surface area contributed by atoms with Gasteiger partial charge in [0.05, 0.1) is 0 Å². The minimum Gasteiger partial charge on any atom is -0.410 e. The molecule has 4 aliphatic rings. The first-order chi connectivity index (χ1) is 12.6. The van der Waals surface area contributed by atoms with Gasteiger partial charge in [0.25, 0.3) is 0 Å². The first kappa shape index (κ1) is 19.5. The predicted octanol–water partition coefficient (Wildman–Crippen LogP) is 7.65. The molecule has 0 heterocycles. The van der Waals surface area contributed by atoms with Crippen LogP contribution in [0.5, 0.6) is 0 Å². The fraction of sp³-hybridized carbons (Fsp3) is 0.760. The number of rotatable bonds is 5. The summed E-state index contributed by atoms with van der Waals surface area (Å²) in [7, 11) is -1.39. The molecule has 4 fully saturated rings. The van der Waals surface area contributed by atoms with Gasteiger partial charge in [-0.3, -0.25) is 0 Å². The van der Waals surface area contributed by atoms with Gasteiger partial charge in [-0.15, -0.1) is 0 Å². The van der Waals surface area contributed by atoms with E-state index in [0.29, 0.717) is 17.3 Å². The second kappa shape index (κ2) is 6.64. The van der Waals surface area contributed by atoms with Crippen LogP contribution in [-0.4, -0.2) is 8.24 Å². The molecule has 27 heavy (non-hydrogen) atoms. The molecule has 150 valence electrons. The minimum absolute atomic E-state index is 0.500. The van der Waals surface area contributed by atoms with E-state index in [9.17, 15) is 0 Å². The second-order valence-electron chi connectivity index (χ2n) is 11.9. The van der Waals surface area contributed by atoms with E-state index in [0.717, 1.165) is 17.8 Å². The van der Waals surface area contributed by atoms with E-state index in [1.807, 2.05) is 0 Å². The van der Waals surface area contributed by atoms with Crippen LogP contribution in [0.2, 0.25) is 19.6 Å². The van der Waals surface area contributed by atoms with Crippen LogP contribution in [0, 0.1) is 17.8 Å². The summed E-state index contributed by atoms with van der Waals surface area (Å²) in [5, 5.41) is 0. The van der Waals surface area contributed by atoms with Gasteiger partial charge in [0.2, 0.25) is 0 Å². The van der Waals surface area contributed by atoms with Gasteiger partial charge in [0.15, 0.2) is 0 Å². The van der Waals surface area contributed by atoms with Crippen LogP contribution in [-0.2, 0) is 5.41 Å².